The number of para-hydroxylation sites is 1. The Balaban J connectivity index is 1.46. The lowest BCUT2D eigenvalue weighted by Gasteiger charge is -2.09. The van der Waals surface area contributed by atoms with Gasteiger partial charge in [-0.1, -0.05) is 35.9 Å². The predicted molar refractivity (Wildman–Crippen MR) is 124 cm³/mol. The highest BCUT2D eigenvalue weighted by Gasteiger charge is 2.16. The van der Waals surface area contributed by atoms with E-state index >= 15 is 0 Å². The third-order valence-corrected chi connectivity index (χ3v) is 4.98. The first-order valence-electron chi connectivity index (χ1n) is 9.90. The molecule has 0 unspecified atom stereocenters. The lowest BCUT2D eigenvalue weighted by atomic mass is 10.1. The molecule has 2 N–H and O–H groups in total. The van der Waals surface area contributed by atoms with Crippen LogP contribution in [0.2, 0.25) is 5.02 Å². The molecule has 1 heterocycles. The van der Waals surface area contributed by atoms with Crippen LogP contribution in [0.15, 0.2) is 72.8 Å². The second-order valence-corrected chi connectivity index (χ2v) is 7.31. The zero-order valence-corrected chi connectivity index (χ0v) is 18.3. The first kappa shape index (κ1) is 22.0. The van der Waals surface area contributed by atoms with Gasteiger partial charge in [-0.05, 0) is 53.7 Å². The van der Waals surface area contributed by atoms with E-state index in [0.717, 1.165) is 0 Å². The normalized spacial score (nSPS) is 10.5. The number of carbonyl (C=O) groups excluding carboxylic acids is 2. The van der Waals surface area contributed by atoms with Crippen molar-refractivity contribution >= 4 is 34.8 Å². The van der Waals surface area contributed by atoms with Crippen molar-refractivity contribution in [3.8, 4) is 17.1 Å². The van der Waals surface area contributed by atoms with Gasteiger partial charge in [0.15, 0.2) is 0 Å². The Kier molecular flexibility index (Phi) is 6.61. The van der Waals surface area contributed by atoms with Crippen molar-refractivity contribution in [3.63, 3.8) is 0 Å². The fourth-order valence-electron chi connectivity index (χ4n) is 3.04. The number of methoxy groups -OCH3 is 1. The molecule has 0 saturated heterocycles. The SMILES string of the molecule is COc1ccc(NC(=O)Cn2nnc(-c3ccccc3NC(=O)c3ccccc3Cl)n2)cc1. The summed E-state index contributed by atoms with van der Waals surface area (Å²) in [5, 5.41) is 18.2. The molecule has 0 fully saturated rings. The molecule has 0 saturated carbocycles. The van der Waals surface area contributed by atoms with Crippen LogP contribution < -0.4 is 15.4 Å². The molecule has 0 aliphatic carbocycles. The monoisotopic (exact) mass is 462 g/mol. The van der Waals surface area contributed by atoms with E-state index in [1.54, 1.807) is 79.9 Å². The van der Waals surface area contributed by atoms with Gasteiger partial charge in [0.25, 0.3) is 5.91 Å². The van der Waals surface area contributed by atoms with Gasteiger partial charge in [-0.15, -0.1) is 10.2 Å². The number of anilines is 2. The number of carbonyl (C=O) groups is 2. The zero-order valence-electron chi connectivity index (χ0n) is 17.5. The molecule has 0 aliphatic heterocycles. The standard InChI is InChI=1S/C23H19ClN6O3/c1-33-16-12-10-15(11-13-16)25-21(31)14-30-28-22(27-29-30)18-7-3-5-9-20(18)26-23(32)17-6-2-4-8-19(17)24/h2-13H,14H2,1H3,(H,25,31)(H,26,32). The number of amides is 2. The van der Waals surface area contributed by atoms with Crippen LogP contribution >= 0.6 is 11.6 Å². The Hall–Kier alpha value is -4.24. The molecule has 9 nitrogen and oxygen atoms in total. The molecule has 2 amide bonds. The number of tetrazole rings is 1. The van der Waals surface area contributed by atoms with E-state index < -0.39 is 0 Å². The second kappa shape index (κ2) is 9.92. The number of nitrogens with one attached hydrogen (secondary N) is 2. The molecule has 10 heteroatoms. The Morgan fingerprint density at radius 1 is 0.970 bits per heavy atom. The minimum absolute atomic E-state index is 0.132. The van der Waals surface area contributed by atoms with E-state index in [9.17, 15) is 9.59 Å². The summed E-state index contributed by atoms with van der Waals surface area (Å²) in [4.78, 5) is 26.2. The summed E-state index contributed by atoms with van der Waals surface area (Å²) in [6.45, 7) is -0.132. The molecule has 33 heavy (non-hydrogen) atoms. The highest BCUT2D eigenvalue weighted by molar-refractivity contribution is 6.34. The van der Waals surface area contributed by atoms with Crippen LogP contribution in [0.25, 0.3) is 11.4 Å². The molecule has 3 aromatic carbocycles. The topological polar surface area (TPSA) is 111 Å². The Morgan fingerprint density at radius 3 is 2.45 bits per heavy atom. The summed E-state index contributed by atoms with van der Waals surface area (Å²) in [6, 6.07) is 20.8. The van der Waals surface area contributed by atoms with Crippen molar-refractivity contribution in [1.29, 1.82) is 0 Å². The van der Waals surface area contributed by atoms with Gasteiger partial charge in [0.1, 0.15) is 12.3 Å². The average molecular weight is 463 g/mol. The summed E-state index contributed by atoms with van der Waals surface area (Å²) in [5.74, 6) is 0.280. The predicted octanol–water partition coefficient (Wildman–Crippen LogP) is 3.89. The average Bonchev–Trinajstić information content (AvgIpc) is 3.28. The Morgan fingerprint density at radius 2 is 1.70 bits per heavy atom. The third-order valence-electron chi connectivity index (χ3n) is 4.65. The maximum Gasteiger partial charge on any atom is 0.257 e. The number of benzene rings is 3. The molecule has 166 valence electrons. The first-order valence-corrected chi connectivity index (χ1v) is 10.3. The number of nitrogens with zero attached hydrogens (tertiary/aromatic N) is 4. The van der Waals surface area contributed by atoms with E-state index in [1.165, 1.54) is 4.80 Å². The number of ether oxygens (including phenoxy) is 1. The van der Waals surface area contributed by atoms with Crippen molar-refractivity contribution in [2.45, 2.75) is 6.54 Å². The van der Waals surface area contributed by atoms with Crippen LogP contribution in [0.5, 0.6) is 5.75 Å². The van der Waals surface area contributed by atoms with E-state index in [-0.39, 0.29) is 24.2 Å². The van der Waals surface area contributed by atoms with Crippen LogP contribution in [-0.2, 0) is 11.3 Å². The summed E-state index contributed by atoms with van der Waals surface area (Å²) < 4.78 is 5.10. The van der Waals surface area contributed by atoms with Gasteiger partial charge >= 0.3 is 0 Å². The Bertz CT molecular complexity index is 1290. The van der Waals surface area contributed by atoms with Crippen LogP contribution in [0.1, 0.15) is 10.4 Å². The Labute approximate surface area is 194 Å². The van der Waals surface area contributed by atoms with Crippen molar-refractivity contribution in [3.05, 3.63) is 83.4 Å². The molecular weight excluding hydrogens is 444 g/mol. The highest BCUT2D eigenvalue weighted by Crippen LogP contribution is 2.26. The minimum Gasteiger partial charge on any atom is -0.497 e. The molecular formula is C23H19ClN6O3. The largest absolute Gasteiger partial charge is 0.497 e. The zero-order chi connectivity index (χ0) is 23.2. The van der Waals surface area contributed by atoms with E-state index in [1.807, 2.05) is 0 Å². The van der Waals surface area contributed by atoms with Crippen molar-refractivity contribution in [2.75, 3.05) is 17.7 Å². The fraction of sp³-hybridized carbons (Fsp3) is 0.0870. The molecule has 4 aromatic rings. The summed E-state index contributed by atoms with van der Waals surface area (Å²) >= 11 is 6.12. The van der Waals surface area contributed by atoms with Crippen LogP contribution in [-0.4, -0.2) is 39.1 Å². The lowest BCUT2D eigenvalue weighted by Crippen LogP contribution is -2.20. The molecule has 0 spiro atoms. The molecule has 0 bridgehead atoms. The van der Waals surface area contributed by atoms with Crippen molar-refractivity contribution in [2.24, 2.45) is 0 Å². The first-order chi connectivity index (χ1) is 16.0. The van der Waals surface area contributed by atoms with Crippen LogP contribution in [0, 0.1) is 0 Å². The van der Waals surface area contributed by atoms with Gasteiger partial charge in [-0.25, -0.2) is 0 Å². The lowest BCUT2D eigenvalue weighted by molar-refractivity contribution is -0.117. The van der Waals surface area contributed by atoms with E-state index in [4.69, 9.17) is 16.3 Å². The number of rotatable bonds is 7. The van der Waals surface area contributed by atoms with Crippen LogP contribution in [0.4, 0.5) is 11.4 Å². The van der Waals surface area contributed by atoms with Gasteiger partial charge in [0, 0.05) is 11.3 Å². The fourth-order valence-corrected chi connectivity index (χ4v) is 3.27. The molecule has 4 rings (SSSR count). The molecule has 0 radical (unpaired) electrons. The third kappa shape index (κ3) is 5.34. The summed E-state index contributed by atoms with van der Waals surface area (Å²) in [7, 11) is 1.57. The maximum atomic E-state index is 12.7. The molecule has 0 aliphatic rings. The number of hydrogen-bond donors (Lipinski definition) is 2. The summed E-state index contributed by atoms with van der Waals surface area (Å²) in [6.07, 6.45) is 0. The molecule has 0 atom stereocenters. The van der Waals surface area contributed by atoms with Gasteiger partial charge in [-0.3, -0.25) is 9.59 Å². The summed E-state index contributed by atoms with van der Waals surface area (Å²) in [5.41, 5.74) is 2.01. The quantitative estimate of drug-likeness (QED) is 0.431. The second-order valence-electron chi connectivity index (χ2n) is 6.90. The number of halogens is 1. The van der Waals surface area contributed by atoms with Gasteiger partial charge in [-0.2, -0.15) is 4.80 Å². The van der Waals surface area contributed by atoms with E-state index in [2.05, 4.69) is 26.0 Å². The van der Waals surface area contributed by atoms with Gasteiger partial charge in [0.2, 0.25) is 11.7 Å². The smallest absolute Gasteiger partial charge is 0.257 e. The van der Waals surface area contributed by atoms with Gasteiger partial charge in [0.05, 0.1) is 23.4 Å². The number of hydrogen-bond acceptors (Lipinski definition) is 6. The van der Waals surface area contributed by atoms with Crippen molar-refractivity contribution < 1.29 is 14.3 Å². The van der Waals surface area contributed by atoms with Crippen molar-refractivity contribution in [1.82, 2.24) is 20.2 Å². The van der Waals surface area contributed by atoms with Crippen LogP contribution in [0.3, 0.4) is 0 Å². The maximum absolute atomic E-state index is 12.7. The minimum atomic E-state index is -0.362. The highest BCUT2D eigenvalue weighted by atomic mass is 35.5. The number of aromatic nitrogens is 4. The van der Waals surface area contributed by atoms with E-state index in [0.29, 0.717) is 33.3 Å². The van der Waals surface area contributed by atoms with Gasteiger partial charge < -0.3 is 15.4 Å². The molecule has 1 aromatic heterocycles.